The SMILES string of the molecule is CNC(=O)C1CNCCN1C(=O)c1ccc([N+](=O)[O-])s1. The summed E-state index contributed by atoms with van der Waals surface area (Å²) in [6, 6.07) is 2.13. The van der Waals surface area contributed by atoms with Crippen LogP contribution in [-0.2, 0) is 4.79 Å². The number of amides is 2. The van der Waals surface area contributed by atoms with E-state index in [0.29, 0.717) is 19.6 Å². The Morgan fingerprint density at radius 2 is 2.30 bits per heavy atom. The minimum atomic E-state index is -0.595. The van der Waals surface area contributed by atoms with E-state index in [1.165, 1.54) is 24.1 Å². The number of likely N-dealkylation sites (N-methyl/N-ethyl adjacent to an activating group) is 1. The number of nitro groups is 1. The molecule has 20 heavy (non-hydrogen) atoms. The minimum absolute atomic E-state index is 0.0834. The first kappa shape index (κ1) is 14.4. The first-order valence-electron chi connectivity index (χ1n) is 6.02. The zero-order valence-electron chi connectivity index (χ0n) is 10.8. The van der Waals surface area contributed by atoms with Gasteiger partial charge in [0.15, 0.2) is 0 Å². The first-order chi connectivity index (χ1) is 9.54. The fourth-order valence-electron chi connectivity index (χ4n) is 2.03. The number of piperazine rings is 1. The van der Waals surface area contributed by atoms with E-state index in [-0.39, 0.29) is 21.7 Å². The van der Waals surface area contributed by atoms with E-state index in [1.807, 2.05) is 0 Å². The molecule has 0 radical (unpaired) electrons. The fourth-order valence-corrected chi connectivity index (χ4v) is 2.81. The van der Waals surface area contributed by atoms with Gasteiger partial charge in [0.05, 0.1) is 9.80 Å². The average molecular weight is 298 g/mol. The maximum Gasteiger partial charge on any atom is 0.324 e. The highest BCUT2D eigenvalue weighted by atomic mass is 32.1. The van der Waals surface area contributed by atoms with E-state index in [9.17, 15) is 19.7 Å². The lowest BCUT2D eigenvalue weighted by molar-refractivity contribution is -0.380. The smallest absolute Gasteiger partial charge is 0.324 e. The summed E-state index contributed by atoms with van der Waals surface area (Å²) in [4.78, 5) is 36.0. The number of carbonyl (C=O) groups is 2. The normalized spacial score (nSPS) is 18.6. The molecule has 2 heterocycles. The second-order valence-electron chi connectivity index (χ2n) is 4.23. The zero-order chi connectivity index (χ0) is 14.7. The van der Waals surface area contributed by atoms with Crippen LogP contribution in [0.25, 0.3) is 0 Å². The molecular weight excluding hydrogens is 284 g/mol. The Balaban J connectivity index is 2.20. The van der Waals surface area contributed by atoms with Gasteiger partial charge in [0.1, 0.15) is 6.04 Å². The summed E-state index contributed by atoms with van der Waals surface area (Å²) in [5.41, 5.74) is 0. The second kappa shape index (κ2) is 5.97. The lowest BCUT2D eigenvalue weighted by Gasteiger charge is -2.34. The van der Waals surface area contributed by atoms with Gasteiger partial charge < -0.3 is 15.5 Å². The number of nitrogens with one attached hydrogen (secondary N) is 2. The molecule has 0 saturated carbocycles. The van der Waals surface area contributed by atoms with Crippen LogP contribution >= 0.6 is 11.3 Å². The van der Waals surface area contributed by atoms with Crippen molar-refractivity contribution in [3.05, 3.63) is 27.1 Å². The van der Waals surface area contributed by atoms with Gasteiger partial charge in [-0.2, -0.15) is 0 Å². The lowest BCUT2D eigenvalue weighted by Crippen LogP contribution is -2.59. The molecular formula is C11H14N4O4S. The molecule has 2 N–H and O–H groups in total. The average Bonchev–Trinajstić information content (AvgIpc) is 2.95. The van der Waals surface area contributed by atoms with Crippen LogP contribution in [0.1, 0.15) is 9.67 Å². The molecule has 0 bridgehead atoms. The van der Waals surface area contributed by atoms with Crippen molar-refractivity contribution in [1.82, 2.24) is 15.5 Å². The zero-order valence-corrected chi connectivity index (χ0v) is 11.6. The van der Waals surface area contributed by atoms with Gasteiger partial charge in [0.2, 0.25) is 5.91 Å². The molecule has 1 unspecified atom stereocenters. The quantitative estimate of drug-likeness (QED) is 0.595. The summed E-state index contributed by atoms with van der Waals surface area (Å²) in [6.45, 7) is 1.36. The van der Waals surface area contributed by atoms with Crippen molar-refractivity contribution in [3.8, 4) is 0 Å². The Kier molecular flexibility index (Phi) is 4.30. The summed E-state index contributed by atoms with van der Waals surface area (Å²) in [7, 11) is 1.51. The fraction of sp³-hybridized carbons (Fsp3) is 0.455. The monoisotopic (exact) mass is 298 g/mol. The Hall–Kier alpha value is -2.00. The molecule has 108 valence electrons. The molecule has 1 saturated heterocycles. The topological polar surface area (TPSA) is 105 Å². The highest BCUT2D eigenvalue weighted by Crippen LogP contribution is 2.25. The molecule has 0 aromatic carbocycles. The van der Waals surface area contributed by atoms with E-state index >= 15 is 0 Å². The number of nitrogens with zero attached hydrogens (tertiary/aromatic N) is 2. The third-order valence-electron chi connectivity index (χ3n) is 3.04. The Bertz CT molecular complexity index is 544. The van der Waals surface area contributed by atoms with Crippen molar-refractivity contribution < 1.29 is 14.5 Å². The van der Waals surface area contributed by atoms with Gasteiger partial charge in [-0.15, -0.1) is 0 Å². The van der Waals surface area contributed by atoms with Crippen LogP contribution in [-0.4, -0.2) is 54.4 Å². The molecule has 1 aliphatic heterocycles. The van der Waals surface area contributed by atoms with Crippen LogP contribution < -0.4 is 10.6 Å². The largest absolute Gasteiger partial charge is 0.357 e. The van der Waals surface area contributed by atoms with E-state index in [1.54, 1.807) is 0 Å². The predicted octanol–water partition coefficient (Wildman–Crippen LogP) is -0.184. The number of hydrogen-bond donors (Lipinski definition) is 2. The maximum absolute atomic E-state index is 12.4. The van der Waals surface area contributed by atoms with Gasteiger partial charge in [0, 0.05) is 32.7 Å². The van der Waals surface area contributed by atoms with Gasteiger partial charge in [-0.3, -0.25) is 19.7 Å². The van der Waals surface area contributed by atoms with Crippen LogP contribution in [0.3, 0.4) is 0 Å². The molecule has 0 aliphatic carbocycles. The Labute approximate surface area is 118 Å². The van der Waals surface area contributed by atoms with Crippen LogP contribution in [0.4, 0.5) is 5.00 Å². The first-order valence-corrected chi connectivity index (χ1v) is 6.83. The van der Waals surface area contributed by atoms with Gasteiger partial charge in [-0.05, 0) is 6.07 Å². The van der Waals surface area contributed by atoms with Crippen LogP contribution in [0.5, 0.6) is 0 Å². The highest BCUT2D eigenvalue weighted by Gasteiger charge is 2.33. The second-order valence-corrected chi connectivity index (χ2v) is 5.29. The summed E-state index contributed by atoms with van der Waals surface area (Å²) in [5, 5.41) is 16.1. The van der Waals surface area contributed by atoms with E-state index < -0.39 is 11.0 Å². The van der Waals surface area contributed by atoms with Crippen molar-refractivity contribution in [2.45, 2.75) is 6.04 Å². The molecule has 2 rings (SSSR count). The molecule has 0 spiro atoms. The molecule has 1 aliphatic rings. The molecule has 2 amide bonds. The number of hydrogen-bond acceptors (Lipinski definition) is 6. The van der Waals surface area contributed by atoms with Crippen LogP contribution in [0, 0.1) is 10.1 Å². The maximum atomic E-state index is 12.4. The standard InChI is InChI=1S/C11H14N4O4S/c1-12-10(16)7-6-13-4-5-14(7)11(17)8-2-3-9(20-8)15(18)19/h2-3,7,13H,4-6H2,1H3,(H,12,16). The number of thiophene rings is 1. The van der Waals surface area contributed by atoms with Gasteiger partial charge in [0.25, 0.3) is 5.91 Å². The lowest BCUT2D eigenvalue weighted by atomic mass is 10.1. The van der Waals surface area contributed by atoms with Crippen molar-refractivity contribution in [2.24, 2.45) is 0 Å². The predicted molar refractivity (Wildman–Crippen MR) is 72.7 cm³/mol. The summed E-state index contributed by atoms with van der Waals surface area (Å²) in [6.07, 6.45) is 0. The third kappa shape index (κ3) is 2.78. The van der Waals surface area contributed by atoms with Gasteiger partial charge in [-0.25, -0.2) is 0 Å². The van der Waals surface area contributed by atoms with Crippen molar-refractivity contribution in [2.75, 3.05) is 26.7 Å². The molecule has 9 heteroatoms. The molecule has 1 atom stereocenters. The van der Waals surface area contributed by atoms with Crippen molar-refractivity contribution in [3.63, 3.8) is 0 Å². The van der Waals surface area contributed by atoms with Gasteiger partial charge >= 0.3 is 5.00 Å². The van der Waals surface area contributed by atoms with Crippen LogP contribution in [0.2, 0.25) is 0 Å². The molecule has 1 aromatic heterocycles. The van der Waals surface area contributed by atoms with Crippen LogP contribution in [0.15, 0.2) is 12.1 Å². The van der Waals surface area contributed by atoms with Crippen molar-refractivity contribution >= 4 is 28.2 Å². The number of rotatable bonds is 3. The van der Waals surface area contributed by atoms with E-state index in [2.05, 4.69) is 10.6 Å². The Morgan fingerprint density at radius 1 is 1.55 bits per heavy atom. The minimum Gasteiger partial charge on any atom is -0.357 e. The third-order valence-corrected chi connectivity index (χ3v) is 4.06. The van der Waals surface area contributed by atoms with E-state index in [4.69, 9.17) is 0 Å². The molecule has 8 nitrogen and oxygen atoms in total. The summed E-state index contributed by atoms with van der Waals surface area (Å²) >= 11 is 0.822. The van der Waals surface area contributed by atoms with Gasteiger partial charge in [-0.1, -0.05) is 11.3 Å². The van der Waals surface area contributed by atoms with Crippen molar-refractivity contribution in [1.29, 1.82) is 0 Å². The molecule has 1 fully saturated rings. The summed E-state index contributed by atoms with van der Waals surface area (Å²) < 4.78 is 0. The Morgan fingerprint density at radius 3 is 2.90 bits per heavy atom. The number of carbonyl (C=O) groups excluding carboxylic acids is 2. The van der Waals surface area contributed by atoms with E-state index in [0.717, 1.165) is 11.3 Å². The summed E-state index contributed by atoms with van der Waals surface area (Å²) in [5.74, 6) is -0.602. The highest BCUT2D eigenvalue weighted by molar-refractivity contribution is 7.17. The molecule has 1 aromatic rings.